The number of amides is 1. The molecule has 0 fully saturated rings. The van der Waals surface area contributed by atoms with Crippen LogP contribution in [0.1, 0.15) is 52.5 Å². The van der Waals surface area contributed by atoms with Crippen molar-refractivity contribution < 1.29 is 4.79 Å². The monoisotopic (exact) mass is 274 g/mol. The van der Waals surface area contributed by atoms with Gasteiger partial charge in [-0.25, -0.2) is 0 Å². The molecule has 2 rings (SSSR count). The molecule has 3 heteroatoms. The molecule has 110 valence electrons. The summed E-state index contributed by atoms with van der Waals surface area (Å²) in [5.74, 6) is 0.120. The van der Waals surface area contributed by atoms with E-state index in [1.165, 1.54) is 11.3 Å². The third-order valence-electron chi connectivity index (χ3n) is 3.96. The Bertz CT molecular complexity index is 488. The fraction of sp³-hybridized carbons (Fsp3) is 0.588. The van der Waals surface area contributed by atoms with E-state index in [9.17, 15) is 4.79 Å². The molecule has 0 unspecified atom stereocenters. The molecule has 1 aromatic carbocycles. The number of hydrogen-bond donors (Lipinski definition) is 1. The van der Waals surface area contributed by atoms with Crippen LogP contribution in [0.3, 0.4) is 0 Å². The van der Waals surface area contributed by atoms with Gasteiger partial charge in [-0.15, -0.1) is 0 Å². The van der Waals surface area contributed by atoms with Crippen LogP contribution in [0.15, 0.2) is 18.2 Å². The second-order valence-corrected chi connectivity index (χ2v) is 6.33. The zero-order valence-corrected chi connectivity index (χ0v) is 13.1. The van der Waals surface area contributed by atoms with Gasteiger partial charge in [0.25, 0.3) is 0 Å². The first-order valence-electron chi connectivity index (χ1n) is 7.67. The number of nitrogens with zero attached hydrogens (tertiary/aromatic N) is 1. The van der Waals surface area contributed by atoms with Gasteiger partial charge >= 0.3 is 0 Å². The average molecular weight is 274 g/mol. The van der Waals surface area contributed by atoms with Crippen LogP contribution in [0.4, 0.5) is 11.4 Å². The van der Waals surface area contributed by atoms with Crippen molar-refractivity contribution in [1.29, 1.82) is 0 Å². The first-order chi connectivity index (χ1) is 9.47. The maximum absolute atomic E-state index is 11.7. The van der Waals surface area contributed by atoms with E-state index in [2.05, 4.69) is 56.1 Å². The molecule has 1 heterocycles. The summed E-state index contributed by atoms with van der Waals surface area (Å²) >= 11 is 0. The minimum absolute atomic E-state index is 0.0855. The van der Waals surface area contributed by atoms with Gasteiger partial charge in [-0.05, 0) is 36.6 Å². The topological polar surface area (TPSA) is 32.3 Å². The van der Waals surface area contributed by atoms with Crippen LogP contribution in [-0.4, -0.2) is 19.0 Å². The van der Waals surface area contributed by atoms with Gasteiger partial charge < -0.3 is 10.2 Å². The van der Waals surface area contributed by atoms with Crippen molar-refractivity contribution in [2.24, 2.45) is 0 Å². The standard InChI is InChI=1S/C17H26N2O/c1-5-9-19(10-6-2)13-7-8-15-14(11-13)17(3,4)12-16(20)18-15/h7-8,11H,5-6,9-10,12H2,1-4H3,(H,18,20). The predicted molar refractivity (Wildman–Crippen MR) is 85.5 cm³/mol. The molecular formula is C17H26N2O. The summed E-state index contributed by atoms with van der Waals surface area (Å²) < 4.78 is 0. The fourth-order valence-corrected chi connectivity index (χ4v) is 3.00. The Morgan fingerprint density at radius 1 is 1.20 bits per heavy atom. The first kappa shape index (κ1) is 14.9. The number of benzene rings is 1. The molecule has 0 spiro atoms. The summed E-state index contributed by atoms with van der Waals surface area (Å²) in [6.07, 6.45) is 2.86. The van der Waals surface area contributed by atoms with Gasteiger partial charge in [-0.2, -0.15) is 0 Å². The molecule has 1 aliphatic heterocycles. The zero-order valence-electron chi connectivity index (χ0n) is 13.1. The molecule has 0 saturated heterocycles. The first-order valence-corrected chi connectivity index (χ1v) is 7.67. The summed E-state index contributed by atoms with van der Waals surface area (Å²) in [5, 5.41) is 2.99. The molecule has 1 aromatic rings. The van der Waals surface area contributed by atoms with Gasteiger partial charge in [0.2, 0.25) is 5.91 Å². The third kappa shape index (κ3) is 2.97. The molecule has 1 amide bonds. The lowest BCUT2D eigenvalue weighted by Crippen LogP contribution is -2.33. The molecule has 0 aliphatic carbocycles. The summed E-state index contributed by atoms with van der Waals surface area (Å²) in [6, 6.07) is 6.45. The summed E-state index contributed by atoms with van der Waals surface area (Å²) in [7, 11) is 0. The Kier molecular flexibility index (Phi) is 4.36. The molecule has 1 N–H and O–H groups in total. The SMILES string of the molecule is CCCN(CCC)c1ccc2c(c1)C(C)(C)CC(=O)N2. The number of nitrogens with one attached hydrogen (secondary N) is 1. The van der Waals surface area contributed by atoms with Crippen molar-refractivity contribution in [3.05, 3.63) is 23.8 Å². The van der Waals surface area contributed by atoms with Crippen LogP contribution in [0.5, 0.6) is 0 Å². The van der Waals surface area contributed by atoms with Crippen LogP contribution < -0.4 is 10.2 Å². The van der Waals surface area contributed by atoms with Crippen molar-refractivity contribution in [2.45, 2.75) is 52.4 Å². The van der Waals surface area contributed by atoms with E-state index in [1.54, 1.807) is 0 Å². The van der Waals surface area contributed by atoms with Crippen molar-refractivity contribution in [3.63, 3.8) is 0 Å². The van der Waals surface area contributed by atoms with Gasteiger partial charge in [0.15, 0.2) is 0 Å². The van der Waals surface area contributed by atoms with Gasteiger partial charge in [0, 0.05) is 36.3 Å². The molecule has 20 heavy (non-hydrogen) atoms. The zero-order chi connectivity index (χ0) is 14.8. The molecule has 0 radical (unpaired) electrons. The Balaban J connectivity index is 2.37. The van der Waals surface area contributed by atoms with Gasteiger partial charge in [-0.1, -0.05) is 27.7 Å². The second kappa shape index (κ2) is 5.86. The van der Waals surface area contributed by atoms with Crippen molar-refractivity contribution >= 4 is 17.3 Å². The normalized spacial score (nSPS) is 16.5. The van der Waals surface area contributed by atoms with Crippen LogP contribution in [-0.2, 0) is 10.2 Å². The summed E-state index contributed by atoms with van der Waals surface area (Å²) in [5.41, 5.74) is 3.42. The maximum Gasteiger partial charge on any atom is 0.225 e. The molecular weight excluding hydrogens is 248 g/mol. The highest BCUT2D eigenvalue weighted by molar-refractivity contribution is 5.95. The highest BCUT2D eigenvalue weighted by Gasteiger charge is 2.32. The van der Waals surface area contributed by atoms with Crippen molar-refractivity contribution in [3.8, 4) is 0 Å². The van der Waals surface area contributed by atoms with Gasteiger partial charge in [-0.3, -0.25) is 4.79 Å². The molecule has 0 bridgehead atoms. The molecule has 0 aromatic heterocycles. The average Bonchev–Trinajstić information content (AvgIpc) is 2.37. The van der Waals surface area contributed by atoms with E-state index >= 15 is 0 Å². The van der Waals surface area contributed by atoms with Gasteiger partial charge in [0.1, 0.15) is 0 Å². The number of hydrogen-bond acceptors (Lipinski definition) is 2. The van der Waals surface area contributed by atoms with E-state index in [1.807, 2.05) is 0 Å². The van der Waals surface area contributed by atoms with Crippen LogP contribution >= 0.6 is 0 Å². The minimum atomic E-state index is -0.0855. The van der Waals surface area contributed by atoms with E-state index in [-0.39, 0.29) is 11.3 Å². The van der Waals surface area contributed by atoms with Crippen molar-refractivity contribution in [2.75, 3.05) is 23.3 Å². The van der Waals surface area contributed by atoms with Crippen LogP contribution in [0.25, 0.3) is 0 Å². The number of carbonyl (C=O) groups is 1. The van der Waals surface area contributed by atoms with Crippen LogP contribution in [0, 0.1) is 0 Å². The number of fused-ring (bicyclic) bond motifs is 1. The van der Waals surface area contributed by atoms with E-state index < -0.39 is 0 Å². The van der Waals surface area contributed by atoms with E-state index in [0.29, 0.717) is 6.42 Å². The highest BCUT2D eigenvalue weighted by Crippen LogP contribution is 2.39. The largest absolute Gasteiger partial charge is 0.372 e. The lowest BCUT2D eigenvalue weighted by atomic mass is 9.78. The lowest BCUT2D eigenvalue weighted by Gasteiger charge is -2.34. The summed E-state index contributed by atoms with van der Waals surface area (Å²) in [4.78, 5) is 14.2. The molecule has 3 nitrogen and oxygen atoms in total. The highest BCUT2D eigenvalue weighted by atomic mass is 16.1. The van der Waals surface area contributed by atoms with Crippen LogP contribution in [0.2, 0.25) is 0 Å². The molecule has 1 aliphatic rings. The molecule has 0 atom stereocenters. The molecule has 0 saturated carbocycles. The Morgan fingerprint density at radius 3 is 2.45 bits per heavy atom. The maximum atomic E-state index is 11.7. The van der Waals surface area contributed by atoms with Gasteiger partial charge in [0.05, 0.1) is 0 Å². The predicted octanol–water partition coefficient (Wildman–Crippen LogP) is 3.93. The number of rotatable bonds is 5. The second-order valence-electron chi connectivity index (χ2n) is 6.33. The summed E-state index contributed by atoms with van der Waals surface area (Å²) in [6.45, 7) is 10.9. The Labute approximate surface area is 122 Å². The van der Waals surface area contributed by atoms with E-state index in [0.717, 1.165) is 31.6 Å². The minimum Gasteiger partial charge on any atom is -0.372 e. The fourth-order valence-electron chi connectivity index (χ4n) is 3.00. The smallest absolute Gasteiger partial charge is 0.225 e. The quantitative estimate of drug-likeness (QED) is 0.882. The third-order valence-corrected chi connectivity index (χ3v) is 3.96. The Hall–Kier alpha value is -1.51. The van der Waals surface area contributed by atoms with Crippen molar-refractivity contribution in [1.82, 2.24) is 0 Å². The lowest BCUT2D eigenvalue weighted by molar-refractivity contribution is -0.117. The Morgan fingerprint density at radius 2 is 1.85 bits per heavy atom. The number of carbonyl (C=O) groups excluding carboxylic acids is 1. The van der Waals surface area contributed by atoms with E-state index in [4.69, 9.17) is 0 Å². The number of anilines is 2.